The number of carbonyl (C=O) groups is 1. The van der Waals surface area contributed by atoms with Crippen molar-refractivity contribution in [3.05, 3.63) is 29.3 Å². The first-order chi connectivity index (χ1) is 8.92. The summed E-state index contributed by atoms with van der Waals surface area (Å²) in [6.07, 6.45) is 0. The fourth-order valence-corrected chi connectivity index (χ4v) is 2.66. The maximum absolute atomic E-state index is 12.0. The van der Waals surface area contributed by atoms with Gasteiger partial charge in [0, 0.05) is 12.3 Å². The molecule has 2 unspecified atom stereocenters. The SMILES string of the molecule is Cc1cc(C)cc(NC(=O)C(C)SCC(C)CO)c1. The summed E-state index contributed by atoms with van der Waals surface area (Å²) in [5.74, 6) is 1.03. The van der Waals surface area contributed by atoms with Crippen LogP contribution in [-0.4, -0.2) is 28.6 Å². The Balaban J connectivity index is 2.53. The summed E-state index contributed by atoms with van der Waals surface area (Å²) >= 11 is 1.57. The van der Waals surface area contributed by atoms with E-state index in [4.69, 9.17) is 5.11 Å². The summed E-state index contributed by atoms with van der Waals surface area (Å²) in [4.78, 5) is 12.0. The smallest absolute Gasteiger partial charge is 0.237 e. The molecule has 1 aromatic carbocycles. The van der Waals surface area contributed by atoms with Crippen molar-refractivity contribution in [3.8, 4) is 0 Å². The van der Waals surface area contributed by atoms with E-state index in [2.05, 4.69) is 11.4 Å². The molecule has 0 aliphatic carbocycles. The summed E-state index contributed by atoms with van der Waals surface area (Å²) in [6.45, 7) is 8.07. The van der Waals surface area contributed by atoms with Crippen LogP contribution in [0, 0.1) is 19.8 Å². The first kappa shape index (κ1) is 16.1. The van der Waals surface area contributed by atoms with Crippen molar-refractivity contribution in [3.63, 3.8) is 0 Å². The van der Waals surface area contributed by atoms with Gasteiger partial charge in [-0.2, -0.15) is 0 Å². The molecule has 1 rings (SSSR count). The van der Waals surface area contributed by atoms with E-state index in [1.165, 1.54) is 0 Å². The number of aliphatic hydroxyl groups is 1. The standard InChI is InChI=1S/C15H23NO2S/c1-10-5-11(2)7-14(6-10)16-15(18)13(4)19-9-12(3)8-17/h5-7,12-13,17H,8-9H2,1-4H3,(H,16,18). The molecule has 0 saturated carbocycles. The number of hydrogen-bond acceptors (Lipinski definition) is 3. The lowest BCUT2D eigenvalue weighted by Crippen LogP contribution is -2.23. The van der Waals surface area contributed by atoms with Crippen LogP contribution in [0.2, 0.25) is 0 Å². The van der Waals surface area contributed by atoms with Gasteiger partial charge < -0.3 is 10.4 Å². The van der Waals surface area contributed by atoms with Crippen molar-refractivity contribution in [2.24, 2.45) is 5.92 Å². The van der Waals surface area contributed by atoms with Crippen molar-refractivity contribution < 1.29 is 9.90 Å². The van der Waals surface area contributed by atoms with Crippen molar-refractivity contribution in [2.75, 3.05) is 17.7 Å². The molecule has 2 N–H and O–H groups in total. The molecule has 2 atom stereocenters. The molecule has 1 amide bonds. The predicted octanol–water partition coefficient (Wildman–Crippen LogP) is 2.99. The summed E-state index contributed by atoms with van der Waals surface area (Å²) in [7, 11) is 0. The fourth-order valence-electron chi connectivity index (χ4n) is 1.73. The molecule has 3 nitrogen and oxygen atoms in total. The van der Waals surface area contributed by atoms with Crippen molar-refractivity contribution in [1.29, 1.82) is 0 Å². The minimum absolute atomic E-state index is 0.0140. The number of anilines is 1. The third-order valence-corrected chi connectivity index (χ3v) is 4.28. The zero-order valence-electron chi connectivity index (χ0n) is 12.1. The van der Waals surface area contributed by atoms with Crippen LogP contribution in [-0.2, 0) is 4.79 Å². The molecular weight excluding hydrogens is 258 g/mol. The minimum atomic E-state index is -0.116. The van der Waals surface area contributed by atoms with Gasteiger partial charge in [-0.1, -0.05) is 13.0 Å². The number of thioether (sulfide) groups is 1. The topological polar surface area (TPSA) is 49.3 Å². The van der Waals surface area contributed by atoms with Gasteiger partial charge in [0.25, 0.3) is 0 Å². The molecule has 4 heteroatoms. The summed E-state index contributed by atoms with van der Waals surface area (Å²) in [5, 5.41) is 11.8. The number of benzene rings is 1. The van der Waals surface area contributed by atoms with E-state index < -0.39 is 0 Å². The van der Waals surface area contributed by atoms with Gasteiger partial charge in [0.15, 0.2) is 0 Å². The maximum Gasteiger partial charge on any atom is 0.237 e. The number of aliphatic hydroxyl groups excluding tert-OH is 1. The number of carbonyl (C=O) groups excluding carboxylic acids is 1. The Morgan fingerprint density at radius 3 is 2.37 bits per heavy atom. The largest absolute Gasteiger partial charge is 0.396 e. The van der Waals surface area contributed by atoms with Gasteiger partial charge >= 0.3 is 0 Å². The lowest BCUT2D eigenvalue weighted by Gasteiger charge is -2.14. The molecule has 0 radical (unpaired) electrons. The van der Waals surface area contributed by atoms with E-state index >= 15 is 0 Å². The highest BCUT2D eigenvalue weighted by Gasteiger charge is 2.15. The van der Waals surface area contributed by atoms with Crippen LogP contribution in [0.5, 0.6) is 0 Å². The van der Waals surface area contributed by atoms with Crippen molar-refractivity contribution >= 4 is 23.4 Å². The lowest BCUT2D eigenvalue weighted by molar-refractivity contribution is -0.115. The maximum atomic E-state index is 12.0. The average Bonchev–Trinajstić information content (AvgIpc) is 2.33. The van der Waals surface area contributed by atoms with Crippen molar-refractivity contribution in [2.45, 2.75) is 32.9 Å². The van der Waals surface area contributed by atoms with Crippen LogP contribution in [0.4, 0.5) is 5.69 Å². The Morgan fingerprint density at radius 2 is 1.84 bits per heavy atom. The highest BCUT2D eigenvalue weighted by molar-refractivity contribution is 8.00. The van der Waals surface area contributed by atoms with Gasteiger partial charge in [0.2, 0.25) is 5.91 Å². The third kappa shape index (κ3) is 5.66. The van der Waals surface area contributed by atoms with E-state index in [0.717, 1.165) is 22.6 Å². The van der Waals surface area contributed by atoms with E-state index in [0.29, 0.717) is 0 Å². The van der Waals surface area contributed by atoms with Gasteiger partial charge in [-0.3, -0.25) is 4.79 Å². The van der Waals surface area contributed by atoms with E-state index in [1.807, 2.05) is 39.8 Å². The molecule has 0 spiro atoms. The molecule has 0 heterocycles. The molecule has 106 valence electrons. The highest BCUT2D eigenvalue weighted by atomic mass is 32.2. The van der Waals surface area contributed by atoms with Gasteiger partial charge in [-0.25, -0.2) is 0 Å². The number of aryl methyl sites for hydroxylation is 2. The van der Waals surface area contributed by atoms with Gasteiger partial charge in [-0.05, 0) is 55.7 Å². The Labute approximate surface area is 119 Å². The summed E-state index contributed by atoms with van der Waals surface area (Å²) in [6, 6.07) is 6.02. The minimum Gasteiger partial charge on any atom is -0.396 e. The van der Waals surface area contributed by atoms with Crippen LogP contribution in [0.25, 0.3) is 0 Å². The molecule has 0 aliphatic heterocycles. The Kier molecular flexibility index (Phi) is 6.38. The Hall–Kier alpha value is -1.00. The van der Waals surface area contributed by atoms with E-state index in [1.54, 1.807) is 11.8 Å². The molecule has 0 aliphatic rings. The van der Waals surface area contributed by atoms with Crippen LogP contribution in [0.3, 0.4) is 0 Å². The van der Waals surface area contributed by atoms with E-state index in [9.17, 15) is 4.79 Å². The Bertz CT molecular complexity index is 414. The second-order valence-electron chi connectivity index (χ2n) is 5.13. The second-order valence-corrected chi connectivity index (χ2v) is 6.50. The van der Waals surface area contributed by atoms with Gasteiger partial charge in [-0.15, -0.1) is 11.8 Å². The zero-order chi connectivity index (χ0) is 14.4. The molecule has 0 aromatic heterocycles. The Morgan fingerprint density at radius 1 is 1.26 bits per heavy atom. The van der Waals surface area contributed by atoms with Crippen LogP contribution < -0.4 is 5.32 Å². The lowest BCUT2D eigenvalue weighted by atomic mass is 10.1. The normalized spacial score (nSPS) is 13.9. The number of nitrogens with one attached hydrogen (secondary N) is 1. The number of rotatable bonds is 6. The predicted molar refractivity (Wildman–Crippen MR) is 82.7 cm³/mol. The summed E-state index contributed by atoms with van der Waals surface area (Å²) < 4.78 is 0. The molecule has 0 fully saturated rings. The first-order valence-corrected chi connectivity index (χ1v) is 7.59. The number of hydrogen-bond donors (Lipinski definition) is 2. The monoisotopic (exact) mass is 281 g/mol. The number of amides is 1. The molecule has 0 saturated heterocycles. The molecule has 0 bridgehead atoms. The molecular formula is C15H23NO2S. The summed E-state index contributed by atoms with van der Waals surface area (Å²) in [5.41, 5.74) is 3.14. The van der Waals surface area contributed by atoms with E-state index in [-0.39, 0.29) is 23.7 Å². The average molecular weight is 281 g/mol. The van der Waals surface area contributed by atoms with Crippen LogP contribution in [0.15, 0.2) is 18.2 Å². The molecule has 19 heavy (non-hydrogen) atoms. The highest BCUT2D eigenvalue weighted by Crippen LogP contribution is 2.18. The van der Waals surface area contributed by atoms with Crippen LogP contribution in [0.1, 0.15) is 25.0 Å². The first-order valence-electron chi connectivity index (χ1n) is 6.54. The second kappa shape index (κ2) is 7.56. The third-order valence-electron chi connectivity index (χ3n) is 2.80. The van der Waals surface area contributed by atoms with Crippen LogP contribution >= 0.6 is 11.8 Å². The van der Waals surface area contributed by atoms with Crippen molar-refractivity contribution in [1.82, 2.24) is 0 Å². The fraction of sp³-hybridized carbons (Fsp3) is 0.533. The van der Waals surface area contributed by atoms with Gasteiger partial charge in [0.1, 0.15) is 0 Å². The quantitative estimate of drug-likeness (QED) is 0.843. The van der Waals surface area contributed by atoms with Gasteiger partial charge in [0.05, 0.1) is 5.25 Å². The zero-order valence-corrected chi connectivity index (χ0v) is 12.9. The molecule has 1 aromatic rings.